The van der Waals surface area contributed by atoms with Crippen molar-refractivity contribution in [3.8, 4) is 11.3 Å². The van der Waals surface area contributed by atoms with Crippen molar-refractivity contribution in [3.05, 3.63) is 64.7 Å². The molecule has 0 saturated carbocycles. The average Bonchev–Trinajstić information content (AvgIpc) is 2.51. The molecular weight excluding hydrogens is 274 g/mol. The Morgan fingerprint density at radius 1 is 1.05 bits per heavy atom. The topological polar surface area (TPSA) is 34.9 Å². The maximum Gasteiger partial charge on any atom is 0.277 e. The molecule has 0 fully saturated rings. The second-order valence-corrected chi connectivity index (χ2v) is 4.60. The third-order valence-electron chi connectivity index (χ3n) is 3.28. The molecule has 0 radical (unpaired) electrons. The summed E-state index contributed by atoms with van der Waals surface area (Å²) in [6.45, 7) is -0.674. The molecule has 0 aliphatic carbocycles. The summed E-state index contributed by atoms with van der Waals surface area (Å²) in [5, 5.41) is 0. The predicted molar refractivity (Wildman–Crippen MR) is 77.4 cm³/mol. The van der Waals surface area contributed by atoms with Crippen molar-refractivity contribution in [2.75, 3.05) is 6.67 Å². The van der Waals surface area contributed by atoms with E-state index in [2.05, 4.69) is 4.98 Å². The van der Waals surface area contributed by atoms with Crippen LogP contribution >= 0.6 is 0 Å². The molecule has 2 aromatic carbocycles. The van der Waals surface area contributed by atoms with Crippen LogP contribution < -0.4 is 5.56 Å². The Bertz CT molecular complexity index is 841. The number of alkyl halides is 1. The predicted octanol–water partition coefficient (Wildman–Crippen LogP) is 3.17. The summed E-state index contributed by atoms with van der Waals surface area (Å²) in [4.78, 5) is 16.8. The highest BCUT2D eigenvalue weighted by molar-refractivity contribution is 5.77. The molecule has 0 aliphatic rings. The van der Waals surface area contributed by atoms with Gasteiger partial charge >= 0.3 is 0 Å². The first kappa shape index (κ1) is 13.4. The maximum absolute atomic E-state index is 13.0. The maximum atomic E-state index is 13.0. The SMILES string of the molecule is O=c1c(-c2ccc(F)cc2)nc2ccccc2n1CCF. The molecule has 3 nitrogen and oxygen atoms in total. The van der Waals surface area contributed by atoms with Gasteiger partial charge in [-0.15, -0.1) is 0 Å². The number of para-hydroxylation sites is 2. The van der Waals surface area contributed by atoms with Gasteiger partial charge in [-0.25, -0.2) is 13.8 Å². The van der Waals surface area contributed by atoms with Crippen molar-refractivity contribution in [1.29, 1.82) is 0 Å². The van der Waals surface area contributed by atoms with E-state index in [0.717, 1.165) is 0 Å². The Kier molecular flexibility index (Phi) is 3.48. The Balaban J connectivity index is 2.30. The van der Waals surface area contributed by atoms with Gasteiger partial charge in [-0.1, -0.05) is 12.1 Å². The zero-order valence-corrected chi connectivity index (χ0v) is 11.1. The quantitative estimate of drug-likeness (QED) is 0.741. The number of rotatable bonds is 3. The highest BCUT2D eigenvalue weighted by atomic mass is 19.1. The van der Waals surface area contributed by atoms with Crippen LogP contribution in [0.3, 0.4) is 0 Å². The number of nitrogens with zero attached hydrogens (tertiary/aromatic N) is 2. The molecule has 0 spiro atoms. The van der Waals surface area contributed by atoms with Crippen LogP contribution in [0.5, 0.6) is 0 Å². The normalized spacial score (nSPS) is 11.0. The number of halogens is 2. The number of aromatic nitrogens is 2. The van der Waals surface area contributed by atoms with E-state index in [4.69, 9.17) is 0 Å². The first-order chi connectivity index (χ1) is 10.2. The van der Waals surface area contributed by atoms with Crippen LogP contribution in [-0.2, 0) is 6.54 Å². The van der Waals surface area contributed by atoms with Crippen LogP contribution in [0.15, 0.2) is 53.3 Å². The van der Waals surface area contributed by atoms with Crippen LogP contribution in [0.2, 0.25) is 0 Å². The second kappa shape index (κ2) is 5.44. The molecule has 0 bridgehead atoms. The standard InChI is InChI=1S/C16H12F2N2O/c17-9-10-20-14-4-2-1-3-13(14)19-15(16(20)21)11-5-7-12(18)8-6-11/h1-8H,9-10H2. The minimum absolute atomic E-state index is 0.0317. The van der Waals surface area contributed by atoms with Gasteiger partial charge in [-0.3, -0.25) is 4.79 Å². The monoisotopic (exact) mass is 286 g/mol. The third kappa shape index (κ3) is 2.42. The number of fused-ring (bicyclic) bond motifs is 1. The molecule has 0 atom stereocenters. The molecule has 0 N–H and O–H groups in total. The van der Waals surface area contributed by atoms with Gasteiger partial charge in [0.15, 0.2) is 0 Å². The van der Waals surface area contributed by atoms with Crippen LogP contribution in [0.1, 0.15) is 0 Å². The minimum atomic E-state index is -0.642. The summed E-state index contributed by atoms with van der Waals surface area (Å²) < 4.78 is 27.1. The smallest absolute Gasteiger partial charge is 0.277 e. The molecule has 21 heavy (non-hydrogen) atoms. The Morgan fingerprint density at radius 3 is 2.48 bits per heavy atom. The lowest BCUT2D eigenvalue weighted by atomic mass is 10.1. The Labute approximate surface area is 119 Å². The van der Waals surface area contributed by atoms with Gasteiger partial charge in [0.2, 0.25) is 0 Å². The van der Waals surface area contributed by atoms with E-state index in [1.807, 2.05) is 0 Å². The van der Waals surface area contributed by atoms with Gasteiger partial charge in [0, 0.05) is 5.56 Å². The number of aryl methyl sites for hydroxylation is 1. The van der Waals surface area contributed by atoms with Crippen molar-refractivity contribution in [3.63, 3.8) is 0 Å². The molecule has 106 valence electrons. The van der Waals surface area contributed by atoms with E-state index in [1.165, 1.54) is 28.8 Å². The lowest BCUT2D eigenvalue weighted by Gasteiger charge is -2.10. The molecule has 3 rings (SSSR count). The van der Waals surface area contributed by atoms with Gasteiger partial charge in [0.05, 0.1) is 17.6 Å². The molecule has 0 unspecified atom stereocenters. The van der Waals surface area contributed by atoms with Crippen LogP contribution in [0.25, 0.3) is 22.3 Å². The summed E-state index contributed by atoms with van der Waals surface area (Å²) in [7, 11) is 0. The number of hydrogen-bond donors (Lipinski definition) is 0. The summed E-state index contributed by atoms with van der Waals surface area (Å²) in [5.41, 5.74) is 1.52. The van der Waals surface area contributed by atoms with Crippen LogP contribution in [0.4, 0.5) is 8.78 Å². The molecule has 0 aliphatic heterocycles. The molecular formula is C16H12F2N2O. The van der Waals surface area contributed by atoms with Crippen molar-refractivity contribution in [1.82, 2.24) is 9.55 Å². The molecule has 1 aromatic heterocycles. The molecule has 0 amide bonds. The highest BCUT2D eigenvalue weighted by Gasteiger charge is 2.12. The van der Waals surface area contributed by atoms with E-state index in [0.29, 0.717) is 16.6 Å². The van der Waals surface area contributed by atoms with Crippen LogP contribution in [0, 0.1) is 5.82 Å². The Morgan fingerprint density at radius 2 is 1.76 bits per heavy atom. The molecule has 3 aromatic rings. The second-order valence-electron chi connectivity index (χ2n) is 4.60. The number of hydrogen-bond acceptors (Lipinski definition) is 2. The average molecular weight is 286 g/mol. The van der Waals surface area contributed by atoms with Gasteiger partial charge in [0.1, 0.15) is 18.2 Å². The molecule has 1 heterocycles. The van der Waals surface area contributed by atoms with E-state index >= 15 is 0 Å². The summed E-state index contributed by atoms with van der Waals surface area (Å²) in [6, 6.07) is 12.6. The fourth-order valence-corrected chi connectivity index (χ4v) is 2.29. The first-order valence-corrected chi connectivity index (χ1v) is 6.52. The first-order valence-electron chi connectivity index (χ1n) is 6.52. The lowest BCUT2D eigenvalue weighted by molar-refractivity contribution is 0.446. The molecule has 5 heteroatoms. The van der Waals surface area contributed by atoms with E-state index < -0.39 is 6.67 Å². The van der Waals surface area contributed by atoms with Gasteiger partial charge < -0.3 is 4.57 Å². The Hall–Kier alpha value is -2.56. The minimum Gasteiger partial charge on any atom is -0.302 e. The zero-order valence-electron chi connectivity index (χ0n) is 11.1. The van der Waals surface area contributed by atoms with E-state index in [9.17, 15) is 13.6 Å². The van der Waals surface area contributed by atoms with E-state index in [1.54, 1.807) is 24.3 Å². The van der Waals surface area contributed by atoms with Crippen molar-refractivity contribution in [2.24, 2.45) is 0 Å². The van der Waals surface area contributed by atoms with Crippen molar-refractivity contribution < 1.29 is 8.78 Å². The zero-order chi connectivity index (χ0) is 14.8. The fraction of sp³-hybridized carbons (Fsp3) is 0.125. The van der Waals surface area contributed by atoms with Gasteiger partial charge in [0.25, 0.3) is 5.56 Å². The highest BCUT2D eigenvalue weighted by Crippen LogP contribution is 2.18. The van der Waals surface area contributed by atoms with Crippen molar-refractivity contribution in [2.45, 2.75) is 6.54 Å². The summed E-state index contributed by atoms with van der Waals surface area (Å²) in [6.07, 6.45) is 0. The number of benzene rings is 2. The van der Waals surface area contributed by atoms with Gasteiger partial charge in [-0.05, 0) is 36.4 Å². The lowest BCUT2D eigenvalue weighted by Crippen LogP contribution is -2.24. The molecule has 0 saturated heterocycles. The summed E-state index contributed by atoms with van der Waals surface area (Å²) >= 11 is 0. The largest absolute Gasteiger partial charge is 0.302 e. The third-order valence-corrected chi connectivity index (χ3v) is 3.28. The van der Waals surface area contributed by atoms with Crippen LogP contribution in [-0.4, -0.2) is 16.2 Å². The fourth-order valence-electron chi connectivity index (χ4n) is 2.29. The summed E-state index contributed by atoms with van der Waals surface area (Å²) in [5.74, 6) is -0.386. The van der Waals surface area contributed by atoms with Crippen molar-refractivity contribution >= 4 is 11.0 Å². The van der Waals surface area contributed by atoms with E-state index in [-0.39, 0.29) is 23.6 Å². The van der Waals surface area contributed by atoms with Gasteiger partial charge in [-0.2, -0.15) is 0 Å².